The number of ether oxygens (including phenoxy) is 2. The molecule has 1 aliphatic rings. The van der Waals surface area contributed by atoms with Crippen molar-refractivity contribution in [2.75, 3.05) is 56.9 Å². The van der Waals surface area contributed by atoms with E-state index in [1.54, 1.807) is 33.3 Å². The average molecular weight is 396 g/mol. The second-order valence-electron chi connectivity index (χ2n) is 2.40. The molecular formula is C12H27O6S4-. The molecule has 0 saturated carbocycles. The van der Waals surface area contributed by atoms with Crippen LogP contribution in [0.25, 0.3) is 0 Å². The molecule has 10 heteroatoms. The van der Waals surface area contributed by atoms with Crippen LogP contribution in [0.1, 0.15) is 0 Å². The zero-order valence-corrected chi connectivity index (χ0v) is 17.2. The normalized spacial score (nSPS) is 8.82. The van der Waals surface area contributed by atoms with Crippen LogP contribution in [0.15, 0.2) is 0 Å². The van der Waals surface area contributed by atoms with Gasteiger partial charge in [-0.25, -0.2) is 4.79 Å². The molecule has 1 rings (SSSR count). The first kappa shape index (κ1) is 33.6. The molecule has 1 aliphatic heterocycles. The standard InChI is InChI=1S/C5H10O3S2.C2H4S.C2H6S.CO2.CH4O.CH3/c1-7-5(6)8-3-4-10-9-2;1-2-3-1;1-3-2;2-1-3;1-2;/h3-4H2,1-2H3;1-2H2;1-2H3;;2H,1H3;1H3/q;;;;;-1. The van der Waals surface area contributed by atoms with Crippen LogP contribution < -0.4 is 0 Å². The first-order valence-corrected chi connectivity index (χ1v) is 10.9. The third kappa shape index (κ3) is 89.1. The Morgan fingerprint density at radius 2 is 1.59 bits per heavy atom. The van der Waals surface area contributed by atoms with Crippen molar-refractivity contribution in [1.29, 1.82) is 0 Å². The van der Waals surface area contributed by atoms with Crippen LogP contribution in [0, 0.1) is 7.43 Å². The molecule has 1 N–H and O–H groups in total. The summed E-state index contributed by atoms with van der Waals surface area (Å²) in [7, 11) is 5.59. The number of thioether (sulfide) groups is 2. The van der Waals surface area contributed by atoms with Crippen LogP contribution in [-0.2, 0) is 19.1 Å². The highest BCUT2D eigenvalue weighted by Crippen LogP contribution is 2.15. The number of methoxy groups -OCH3 is 1. The monoisotopic (exact) mass is 395 g/mol. The molecule has 0 bridgehead atoms. The van der Waals surface area contributed by atoms with E-state index in [0.29, 0.717) is 6.61 Å². The lowest BCUT2D eigenvalue weighted by molar-refractivity contribution is -0.191. The maximum absolute atomic E-state index is 10.3. The molecule has 0 aliphatic carbocycles. The first-order valence-electron chi connectivity index (χ1n) is 5.42. The van der Waals surface area contributed by atoms with Crippen LogP contribution in [0.3, 0.4) is 0 Å². The average Bonchev–Trinajstić information content (AvgIpc) is 3.36. The molecule has 0 amide bonds. The summed E-state index contributed by atoms with van der Waals surface area (Å²) in [5, 5.41) is 7.00. The molecule has 1 heterocycles. The van der Waals surface area contributed by atoms with Crippen LogP contribution in [0.4, 0.5) is 4.79 Å². The molecule has 0 radical (unpaired) electrons. The summed E-state index contributed by atoms with van der Waals surface area (Å²) >= 11 is 3.75. The van der Waals surface area contributed by atoms with Gasteiger partial charge in [0.05, 0.1) is 7.11 Å². The molecule has 0 spiro atoms. The van der Waals surface area contributed by atoms with Gasteiger partial charge < -0.3 is 22.0 Å². The third-order valence-corrected chi connectivity index (χ3v) is 3.06. The van der Waals surface area contributed by atoms with Crippen LogP contribution >= 0.6 is 45.1 Å². The van der Waals surface area contributed by atoms with E-state index in [0.717, 1.165) is 12.9 Å². The summed E-state index contributed by atoms with van der Waals surface area (Å²) in [5.41, 5.74) is 0. The molecule has 22 heavy (non-hydrogen) atoms. The van der Waals surface area contributed by atoms with Gasteiger partial charge in [0, 0.05) is 24.4 Å². The molecule has 0 aromatic rings. The first-order chi connectivity index (χ1) is 10.1. The lowest BCUT2D eigenvalue weighted by Crippen LogP contribution is -2.06. The van der Waals surface area contributed by atoms with E-state index in [1.165, 1.54) is 18.6 Å². The summed E-state index contributed by atoms with van der Waals surface area (Å²) in [4.78, 5) is 26.6. The minimum atomic E-state index is -0.610. The van der Waals surface area contributed by atoms with Crippen molar-refractivity contribution in [2.45, 2.75) is 0 Å². The van der Waals surface area contributed by atoms with E-state index in [4.69, 9.17) is 14.7 Å². The number of aliphatic hydroxyl groups is 1. The van der Waals surface area contributed by atoms with Crippen LogP contribution in [-0.4, -0.2) is 74.3 Å². The zero-order valence-electron chi connectivity index (χ0n) is 13.9. The number of carbonyl (C=O) groups is 1. The predicted octanol–water partition coefficient (Wildman–Crippen LogP) is 2.97. The smallest absolute Gasteiger partial charge is 0.438 e. The molecule has 0 atom stereocenters. The zero-order chi connectivity index (χ0) is 17.4. The van der Waals surface area contributed by atoms with Gasteiger partial charge in [-0.3, -0.25) is 0 Å². The maximum atomic E-state index is 10.3. The quantitative estimate of drug-likeness (QED) is 0.252. The Balaban J connectivity index is -0.0000000662. The van der Waals surface area contributed by atoms with Crippen molar-refractivity contribution >= 4 is 57.4 Å². The van der Waals surface area contributed by atoms with E-state index >= 15 is 0 Å². The third-order valence-electron chi connectivity index (χ3n) is 0.875. The molecule has 6 nitrogen and oxygen atoms in total. The highest BCUT2D eigenvalue weighted by molar-refractivity contribution is 8.76. The largest absolute Gasteiger partial charge is 0.508 e. The molecule has 0 aromatic heterocycles. The summed E-state index contributed by atoms with van der Waals surface area (Å²) < 4.78 is 8.85. The highest BCUT2D eigenvalue weighted by Gasteiger charge is 1.97. The summed E-state index contributed by atoms with van der Waals surface area (Å²) in [6.45, 7) is 0.415. The van der Waals surface area contributed by atoms with Crippen molar-refractivity contribution in [3.63, 3.8) is 0 Å². The van der Waals surface area contributed by atoms with Crippen molar-refractivity contribution in [3.8, 4) is 0 Å². The van der Waals surface area contributed by atoms with Crippen LogP contribution in [0.5, 0.6) is 0 Å². The van der Waals surface area contributed by atoms with Gasteiger partial charge in [0.25, 0.3) is 0 Å². The SMILES string of the molecule is C1CS1.CO.COC(=O)OCCSSC.CSC.O=C=O.[CH3-]. The van der Waals surface area contributed by atoms with Gasteiger partial charge in [-0.05, 0) is 18.8 Å². The number of carbonyl (C=O) groups excluding carboxylic acids is 3. The topological polar surface area (TPSA) is 89.9 Å². The summed E-state index contributed by atoms with van der Waals surface area (Å²) in [5.74, 6) is 3.64. The number of aliphatic hydroxyl groups excluding tert-OH is 1. The summed E-state index contributed by atoms with van der Waals surface area (Å²) in [6.07, 6.45) is 5.70. The maximum Gasteiger partial charge on any atom is 0.508 e. The fourth-order valence-corrected chi connectivity index (χ4v) is 1.32. The Morgan fingerprint density at radius 1 is 1.23 bits per heavy atom. The second-order valence-corrected chi connectivity index (χ2v) is 7.12. The lowest BCUT2D eigenvalue weighted by Gasteiger charge is -2.00. The Bertz CT molecular complexity index is 209. The van der Waals surface area contributed by atoms with Crippen molar-refractivity contribution < 1.29 is 29.0 Å². The Kier molecular flexibility index (Phi) is 65.4. The number of hydrogen-bond acceptors (Lipinski definition) is 10. The van der Waals surface area contributed by atoms with E-state index in [9.17, 15) is 4.79 Å². The predicted molar refractivity (Wildman–Crippen MR) is 101 cm³/mol. The lowest BCUT2D eigenvalue weighted by atomic mass is 10.9. The Hall–Kier alpha value is 0.01000. The molecule has 136 valence electrons. The molecular weight excluding hydrogens is 368 g/mol. The van der Waals surface area contributed by atoms with Gasteiger partial charge >= 0.3 is 12.3 Å². The van der Waals surface area contributed by atoms with E-state index < -0.39 is 6.16 Å². The van der Waals surface area contributed by atoms with Crippen molar-refractivity contribution in [1.82, 2.24) is 0 Å². The Morgan fingerprint density at radius 3 is 1.82 bits per heavy atom. The van der Waals surface area contributed by atoms with Gasteiger partial charge in [0.2, 0.25) is 0 Å². The molecule has 1 fully saturated rings. The second kappa shape index (κ2) is 42.9. The molecule has 0 unspecified atom stereocenters. The fourth-order valence-electron chi connectivity index (χ4n) is 0.301. The molecule has 1 saturated heterocycles. The Labute approximate surface area is 150 Å². The van der Waals surface area contributed by atoms with Gasteiger partial charge in [-0.2, -0.15) is 33.1 Å². The summed E-state index contributed by atoms with van der Waals surface area (Å²) in [6, 6.07) is 0. The van der Waals surface area contributed by atoms with Gasteiger partial charge in [0.15, 0.2) is 0 Å². The van der Waals surface area contributed by atoms with Gasteiger partial charge in [-0.15, -0.1) is 0 Å². The van der Waals surface area contributed by atoms with E-state index in [1.807, 2.05) is 30.5 Å². The van der Waals surface area contributed by atoms with Crippen molar-refractivity contribution in [2.24, 2.45) is 0 Å². The number of rotatable bonds is 4. The molecule has 0 aromatic carbocycles. The van der Waals surface area contributed by atoms with E-state index in [2.05, 4.69) is 9.47 Å². The van der Waals surface area contributed by atoms with E-state index in [-0.39, 0.29) is 13.6 Å². The van der Waals surface area contributed by atoms with Crippen LogP contribution in [0.2, 0.25) is 0 Å². The van der Waals surface area contributed by atoms with Gasteiger partial charge in [0.1, 0.15) is 6.61 Å². The fraction of sp³-hybridized carbons (Fsp3) is 0.750. The minimum Gasteiger partial charge on any atom is -0.438 e. The minimum absolute atomic E-state index is 0. The highest BCUT2D eigenvalue weighted by atomic mass is 33.1. The van der Waals surface area contributed by atoms with Crippen molar-refractivity contribution in [3.05, 3.63) is 7.43 Å². The van der Waals surface area contributed by atoms with Gasteiger partial charge in [-0.1, -0.05) is 21.6 Å². The number of hydrogen-bond donors (Lipinski definition) is 1.